The van der Waals surface area contributed by atoms with Crippen LogP contribution in [-0.2, 0) is 0 Å². The summed E-state index contributed by atoms with van der Waals surface area (Å²) in [7, 11) is 1.74. The van der Waals surface area contributed by atoms with Crippen LogP contribution in [0.3, 0.4) is 0 Å². The molecule has 1 aromatic rings. The van der Waals surface area contributed by atoms with E-state index in [0.717, 1.165) is 31.0 Å². The van der Waals surface area contributed by atoms with Crippen LogP contribution in [0, 0.1) is 33.8 Å². The summed E-state index contributed by atoms with van der Waals surface area (Å²) < 4.78 is 29.1. The number of benzene rings is 1. The van der Waals surface area contributed by atoms with Crippen molar-refractivity contribution >= 4 is 33.8 Å². The van der Waals surface area contributed by atoms with Crippen molar-refractivity contribution in [2.75, 3.05) is 7.05 Å². The quantitative estimate of drug-likeness (QED) is 0.305. The van der Waals surface area contributed by atoms with E-state index in [2.05, 4.69) is 13.8 Å². The minimum absolute atomic E-state index is 0.0137. The Labute approximate surface area is 181 Å². The fourth-order valence-corrected chi connectivity index (χ4v) is 3.88. The summed E-state index contributed by atoms with van der Waals surface area (Å²) >= 11 is 0.684. The number of nitrogens with two attached hydrogens (primary N) is 2. The Bertz CT molecular complexity index is 806. The first kappa shape index (κ1) is 25.8. The molecule has 30 heavy (non-hydrogen) atoms. The maximum atomic E-state index is 14.6. The molecule has 0 fully saturated rings. The molecule has 9 heteroatoms. The van der Waals surface area contributed by atoms with Gasteiger partial charge < -0.3 is 21.8 Å². The number of nitrogens with one attached hydrogen (secondary N) is 3. The van der Waals surface area contributed by atoms with Crippen molar-refractivity contribution in [3.8, 4) is 0 Å². The SMILES string of the molecule is CC(C)CC(CC(C)(C)N)N(C)C(=N)SC(=N)c1c(F)cc(/C(C=N)=C/N)cc1F. The van der Waals surface area contributed by atoms with Gasteiger partial charge in [-0.1, -0.05) is 13.8 Å². The van der Waals surface area contributed by atoms with Crippen LogP contribution in [0.25, 0.3) is 5.57 Å². The van der Waals surface area contributed by atoms with Crippen molar-refractivity contribution in [3.63, 3.8) is 0 Å². The molecular weight excluding hydrogens is 406 g/mol. The molecule has 0 saturated carbocycles. The lowest BCUT2D eigenvalue weighted by Gasteiger charge is -2.35. The fraction of sp³-hybridized carbons (Fsp3) is 0.476. The van der Waals surface area contributed by atoms with Crippen LogP contribution in [0.5, 0.6) is 0 Å². The number of amidine groups is 1. The van der Waals surface area contributed by atoms with Crippen molar-refractivity contribution < 1.29 is 8.78 Å². The third kappa shape index (κ3) is 7.21. The number of hydrogen-bond acceptors (Lipinski definition) is 6. The third-order valence-corrected chi connectivity index (χ3v) is 5.40. The molecule has 0 aliphatic carbocycles. The summed E-state index contributed by atoms with van der Waals surface area (Å²) in [6.07, 6.45) is 3.40. The Morgan fingerprint density at radius 3 is 2.17 bits per heavy atom. The highest BCUT2D eigenvalue weighted by molar-refractivity contribution is 8.26. The van der Waals surface area contributed by atoms with Crippen LogP contribution >= 0.6 is 11.8 Å². The van der Waals surface area contributed by atoms with E-state index in [9.17, 15) is 8.78 Å². The standard InChI is InChI=1S/C21H32F2N6S/c1-12(2)6-15(9-21(3,4)28)29(5)20(27)30-19(26)18-16(22)7-13(8-17(18)23)14(10-24)11-25/h7-8,10-12,15,24,26-27H,6,9,25,28H2,1-5H3/b14-11+,24-10?,26-19?,27-20?. The van der Waals surface area contributed by atoms with Gasteiger partial charge in [-0.3, -0.25) is 10.8 Å². The Hall–Kier alpha value is -2.26. The Morgan fingerprint density at radius 1 is 1.23 bits per heavy atom. The Morgan fingerprint density at radius 2 is 1.77 bits per heavy atom. The maximum Gasteiger partial charge on any atom is 0.162 e. The zero-order valence-corrected chi connectivity index (χ0v) is 19.0. The molecule has 1 unspecified atom stereocenters. The van der Waals surface area contributed by atoms with E-state index < -0.39 is 27.8 Å². The molecule has 0 saturated heterocycles. The van der Waals surface area contributed by atoms with Crippen LogP contribution in [0.15, 0.2) is 18.3 Å². The first-order chi connectivity index (χ1) is 13.8. The molecule has 1 rings (SSSR count). The van der Waals surface area contributed by atoms with Crippen molar-refractivity contribution in [2.24, 2.45) is 17.4 Å². The summed E-state index contributed by atoms with van der Waals surface area (Å²) in [5.41, 5.74) is 10.9. The van der Waals surface area contributed by atoms with Crippen molar-refractivity contribution in [3.05, 3.63) is 41.1 Å². The molecule has 0 aliphatic rings. The van der Waals surface area contributed by atoms with E-state index >= 15 is 0 Å². The summed E-state index contributed by atoms with van der Waals surface area (Å²) in [5, 5.41) is 23.4. The molecule has 0 amide bonds. The molecule has 6 nitrogen and oxygen atoms in total. The van der Waals surface area contributed by atoms with Gasteiger partial charge >= 0.3 is 0 Å². The maximum absolute atomic E-state index is 14.6. The van der Waals surface area contributed by atoms with Crippen LogP contribution in [-0.4, -0.2) is 40.0 Å². The van der Waals surface area contributed by atoms with Crippen molar-refractivity contribution in [1.29, 1.82) is 16.2 Å². The average Bonchev–Trinajstić information content (AvgIpc) is 2.59. The highest BCUT2D eigenvalue weighted by Gasteiger charge is 2.27. The first-order valence-corrected chi connectivity index (χ1v) is 10.4. The minimum Gasteiger partial charge on any atom is -0.404 e. The molecule has 0 radical (unpaired) electrons. The summed E-state index contributed by atoms with van der Waals surface area (Å²) in [5.74, 6) is -1.51. The van der Waals surface area contributed by atoms with Gasteiger partial charge in [-0.15, -0.1) is 0 Å². The largest absolute Gasteiger partial charge is 0.404 e. The van der Waals surface area contributed by atoms with Crippen molar-refractivity contribution in [2.45, 2.75) is 52.1 Å². The lowest BCUT2D eigenvalue weighted by Crippen LogP contribution is -2.44. The highest BCUT2D eigenvalue weighted by atomic mass is 32.2. The van der Waals surface area contributed by atoms with Gasteiger partial charge in [0.05, 0.1) is 5.56 Å². The topological polar surface area (TPSA) is 127 Å². The fourth-order valence-electron chi connectivity index (χ4n) is 3.10. The first-order valence-electron chi connectivity index (χ1n) is 9.59. The molecule has 0 aliphatic heterocycles. The zero-order chi connectivity index (χ0) is 23.2. The molecule has 0 spiro atoms. The van der Waals surface area contributed by atoms with Gasteiger partial charge in [0, 0.05) is 36.6 Å². The van der Waals surface area contributed by atoms with Crippen LogP contribution in [0.4, 0.5) is 8.78 Å². The van der Waals surface area contributed by atoms with E-state index in [0.29, 0.717) is 24.1 Å². The van der Waals surface area contributed by atoms with Gasteiger partial charge in [0.25, 0.3) is 0 Å². The molecule has 0 aromatic heterocycles. The Balaban J connectivity index is 3.08. The van der Waals surface area contributed by atoms with E-state index in [1.807, 2.05) is 13.8 Å². The summed E-state index contributed by atoms with van der Waals surface area (Å²) in [6, 6.07) is 2.02. The van der Waals surface area contributed by atoms with Crippen LogP contribution in [0.2, 0.25) is 0 Å². The van der Waals surface area contributed by atoms with Crippen LogP contribution < -0.4 is 11.5 Å². The van der Waals surface area contributed by atoms with Gasteiger partial charge in [-0.05, 0) is 62.1 Å². The predicted octanol–water partition coefficient (Wildman–Crippen LogP) is 4.38. The monoisotopic (exact) mass is 438 g/mol. The molecule has 0 bridgehead atoms. The number of allylic oxidation sites excluding steroid dienone is 1. The molecular formula is C21H32F2N6S. The van der Waals surface area contributed by atoms with Gasteiger partial charge in [0.2, 0.25) is 0 Å². The van der Waals surface area contributed by atoms with Crippen LogP contribution in [0.1, 0.15) is 51.7 Å². The van der Waals surface area contributed by atoms with Gasteiger partial charge in [-0.2, -0.15) is 0 Å². The van der Waals surface area contributed by atoms with Gasteiger partial charge in [-0.25, -0.2) is 8.78 Å². The van der Waals surface area contributed by atoms with E-state index in [1.54, 1.807) is 11.9 Å². The third-order valence-electron chi connectivity index (χ3n) is 4.51. The second-order valence-corrected chi connectivity index (χ2v) is 9.40. The summed E-state index contributed by atoms with van der Waals surface area (Å²) in [6.45, 7) is 7.98. The lowest BCUT2D eigenvalue weighted by atomic mass is 9.90. The predicted molar refractivity (Wildman–Crippen MR) is 123 cm³/mol. The second-order valence-electron chi connectivity index (χ2n) is 8.40. The molecule has 166 valence electrons. The second kappa shape index (κ2) is 10.7. The number of hydrogen-bond donors (Lipinski definition) is 5. The highest BCUT2D eigenvalue weighted by Crippen LogP contribution is 2.27. The molecule has 1 aromatic carbocycles. The number of nitrogens with zero attached hydrogens (tertiary/aromatic N) is 1. The normalized spacial score (nSPS) is 13.3. The zero-order valence-electron chi connectivity index (χ0n) is 18.1. The molecule has 1 atom stereocenters. The van der Waals surface area contributed by atoms with E-state index in [4.69, 9.17) is 27.7 Å². The van der Waals surface area contributed by atoms with E-state index in [-0.39, 0.29) is 22.3 Å². The Kier molecular flexibility index (Phi) is 9.17. The number of rotatable bonds is 8. The molecule has 7 N–H and O–H groups in total. The molecule has 0 heterocycles. The smallest absolute Gasteiger partial charge is 0.162 e. The van der Waals surface area contributed by atoms with E-state index in [1.165, 1.54) is 0 Å². The lowest BCUT2D eigenvalue weighted by molar-refractivity contribution is 0.255. The minimum atomic E-state index is -0.944. The van der Waals surface area contributed by atoms with Gasteiger partial charge in [0.1, 0.15) is 16.7 Å². The average molecular weight is 439 g/mol. The van der Waals surface area contributed by atoms with Crippen molar-refractivity contribution in [1.82, 2.24) is 4.90 Å². The van der Waals surface area contributed by atoms with Gasteiger partial charge in [0.15, 0.2) is 5.17 Å². The summed E-state index contributed by atoms with van der Waals surface area (Å²) in [4.78, 5) is 1.71. The number of halogens is 2. The number of thioether (sulfide) groups is 1.